The number of nitrogens with zero attached hydrogens (tertiary/aromatic N) is 10. The molecular weight excluding hydrogens is 1790 g/mol. The zero-order chi connectivity index (χ0) is 94.7. The predicted molar refractivity (Wildman–Crippen MR) is 601 cm³/mol. The molecule has 33 aromatic rings. The molecule has 0 atom stereocenters. The smallest absolute Gasteiger partial charge is 0.238 e. The van der Waals surface area contributed by atoms with Crippen LogP contribution in [0, 0.1) is 0 Å². The number of benzene rings is 22. The van der Waals surface area contributed by atoms with Gasteiger partial charge in [-0.05, 0) is 212 Å². The third-order valence-electron chi connectivity index (χ3n) is 29.7. The van der Waals surface area contributed by atoms with Crippen molar-refractivity contribution in [2.75, 3.05) is 0 Å². The number of hydrogen-bond donors (Lipinski definition) is 0. The van der Waals surface area contributed by atoms with E-state index in [-0.39, 0.29) is 0 Å². The van der Waals surface area contributed by atoms with Gasteiger partial charge in [0.1, 0.15) is 27.2 Å². The quantitative estimate of drug-likeness (QED) is 0.141. The van der Waals surface area contributed by atoms with Gasteiger partial charge in [0, 0.05) is 98.4 Å². The first-order valence-electron chi connectivity index (χ1n) is 48.8. The van der Waals surface area contributed by atoms with E-state index in [4.69, 9.17) is 43.2 Å². The van der Waals surface area contributed by atoms with Crippen molar-refractivity contribution in [1.29, 1.82) is 0 Å². The van der Waals surface area contributed by atoms with Crippen molar-refractivity contribution >= 4 is 260 Å². The molecule has 0 bridgehead atoms. The lowest BCUT2D eigenvalue weighted by molar-refractivity contribution is 0.651. The third-order valence-corrected chi connectivity index (χ3v) is 30.7. The topological polar surface area (TPSA) is 144 Å². The first-order chi connectivity index (χ1) is 71.9. The number of aromatic nitrogens is 10. The summed E-state index contributed by atoms with van der Waals surface area (Å²) >= 11 is 1.74. The summed E-state index contributed by atoms with van der Waals surface area (Å²) in [7, 11) is 0. The molecular formula is C131H74N10O3S. The second-order valence-electron chi connectivity index (χ2n) is 37.6. The molecule has 0 N–H and O–H groups in total. The zero-order valence-electron chi connectivity index (χ0n) is 77.3. The third kappa shape index (κ3) is 12.3. The fourth-order valence-electron chi connectivity index (χ4n) is 23.3. The SMILES string of the molecule is c1ccc2cc3c(cc2c1)c1ccccc1n3-c1nc(-c2ccc3c4ccccc4c4ccccc4c3c2)nc2oc3ccccc3c12.c1ccc2cc3c(cc2c1)c1ccccc1n3-c1nc(-c2cccc3c4ccccc4c4ccccc4c23)nc2sc3ccccc3c12.c1ccc2cc3c(cc2c1)c1ccccc1n3-c1nc(-c2ccncc2)c2c(n1)oc1cc(-c3cccc4oc5ccccc5c34)ccc12. The van der Waals surface area contributed by atoms with Crippen LogP contribution in [-0.2, 0) is 0 Å². The normalized spacial score (nSPS) is 12.1. The molecule has 0 radical (unpaired) electrons. The monoisotopic (exact) mass is 1870 g/mol. The summed E-state index contributed by atoms with van der Waals surface area (Å²) in [6.45, 7) is 0. The number of hydrogen-bond acceptors (Lipinski definition) is 11. The van der Waals surface area contributed by atoms with Crippen LogP contribution < -0.4 is 0 Å². The Balaban J connectivity index is 0.0000000990. The Morgan fingerprint density at radius 3 is 1.19 bits per heavy atom. The highest BCUT2D eigenvalue weighted by Crippen LogP contribution is 2.50. The molecule has 0 aliphatic carbocycles. The van der Waals surface area contributed by atoms with Crippen LogP contribution in [0.1, 0.15) is 0 Å². The van der Waals surface area contributed by atoms with Gasteiger partial charge in [-0.15, -0.1) is 11.3 Å². The van der Waals surface area contributed by atoms with Crippen LogP contribution in [-0.4, -0.2) is 48.6 Å². The standard InChI is InChI=1S/C44H25N3O.C44H25N3S.C43H24N4O2/c1-2-12-27-25-39-37(23-26(27)11-1)34-17-7-9-19-38(34)47(39)43-41-35-18-8-10-20-40(35)48-44(41)46-42(45-43)28-21-22-33-31-15-4-3-13-29(31)30-14-5-6-16-32(30)36(33)24-28;1-2-13-27-25-38-36(24-26(27)12-1)31-17-7-9-22-37(31)47(38)43-41-34-19-8-10-23-39(34)48-44(41)46-42(45-43)35-21-11-20-33-30-15-4-3-14-28(30)29-16-5-6-18-32(29)40(33)35;1-2-9-27-23-35-33(22-26(27)8-1)30-10-3-5-13-34(30)47(35)43-45-41(25-18-20-44-21-19-25)40-32-17-16-28(24-38(32)49-42(40)46-43)29-12-7-15-37-39(29)31-11-4-6-14-36(31)48-37/h2*1-25H;1-24H. The summed E-state index contributed by atoms with van der Waals surface area (Å²) < 4.78 is 27.4. The van der Waals surface area contributed by atoms with E-state index in [9.17, 15) is 0 Å². The molecule has 0 aliphatic heterocycles. The van der Waals surface area contributed by atoms with E-state index >= 15 is 0 Å². The van der Waals surface area contributed by atoms with Crippen molar-refractivity contribution in [3.63, 3.8) is 0 Å². The van der Waals surface area contributed by atoms with Crippen molar-refractivity contribution in [1.82, 2.24) is 48.6 Å². The van der Waals surface area contributed by atoms with Crippen LogP contribution in [0.3, 0.4) is 0 Å². The summed E-state index contributed by atoms with van der Waals surface area (Å²) in [4.78, 5) is 37.3. The largest absolute Gasteiger partial charge is 0.456 e. The van der Waals surface area contributed by atoms with Gasteiger partial charge < -0.3 is 13.3 Å². The van der Waals surface area contributed by atoms with Gasteiger partial charge in [-0.3, -0.25) is 18.7 Å². The first kappa shape index (κ1) is 80.5. The van der Waals surface area contributed by atoms with Crippen LogP contribution >= 0.6 is 11.3 Å². The van der Waals surface area contributed by atoms with Crippen molar-refractivity contribution in [3.05, 3.63) is 449 Å². The fourth-order valence-corrected chi connectivity index (χ4v) is 24.3. The summed E-state index contributed by atoms with van der Waals surface area (Å²) in [5.41, 5.74) is 16.8. The zero-order valence-corrected chi connectivity index (χ0v) is 78.1. The van der Waals surface area contributed by atoms with Crippen LogP contribution in [0.15, 0.2) is 462 Å². The highest BCUT2D eigenvalue weighted by molar-refractivity contribution is 7.25. The number of rotatable bonds is 7. The maximum atomic E-state index is 6.69. The first-order valence-corrected chi connectivity index (χ1v) is 49.6. The minimum absolute atomic E-state index is 0.530. The van der Waals surface area contributed by atoms with Crippen molar-refractivity contribution in [3.8, 4) is 62.7 Å². The number of furan rings is 3. The summed E-state index contributed by atoms with van der Waals surface area (Å²) in [5.74, 6) is 3.64. The van der Waals surface area contributed by atoms with Gasteiger partial charge >= 0.3 is 0 Å². The van der Waals surface area contributed by atoms with Crippen molar-refractivity contribution in [2.24, 2.45) is 0 Å². The van der Waals surface area contributed by atoms with Crippen LogP contribution in [0.4, 0.5) is 0 Å². The molecule has 11 aromatic heterocycles. The molecule has 22 aromatic carbocycles. The molecule has 672 valence electrons. The van der Waals surface area contributed by atoms with Gasteiger partial charge in [0.15, 0.2) is 23.3 Å². The minimum atomic E-state index is 0.530. The Labute approximate surface area is 827 Å². The molecule has 0 saturated heterocycles. The number of pyridine rings is 1. The summed E-state index contributed by atoms with van der Waals surface area (Å²) in [5, 5.41) is 37.2. The molecule has 0 aliphatic rings. The molecule has 0 fully saturated rings. The average molecular weight is 1870 g/mol. The molecule has 13 nitrogen and oxygen atoms in total. The van der Waals surface area contributed by atoms with Gasteiger partial charge in [0.2, 0.25) is 17.4 Å². The maximum Gasteiger partial charge on any atom is 0.238 e. The van der Waals surface area contributed by atoms with Gasteiger partial charge in [0.05, 0.1) is 55.0 Å². The van der Waals surface area contributed by atoms with Crippen LogP contribution in [0.2, 0.25) is 0 Å². The second-order valence-corrected chi connectivity index (χ2v) is 38.6. The molecule has 0 spiro atoms. The Bertz CT molecular complexity index is 11300. The highest BCUT2D eigenvalue weighted by atomic mass is 32.1. The average Bonchev–Trinajstić information content (AvgIpc) is 1.69. The van der Waals surface area contributed by atoms with E-state index in [1.54, 1.807) is 23.7 Å². The van der Waals surface area contributed by atoms with Crippen LogP contribution in [0.25, 0.3) is 311 Å². The maximum absolute atomic E-state index is 6.69. The van der Waals surface area contributed by atoms with E-state index in [1.165, 1.54) is 123 Å². The molecule has 0 saturated carbocycles. The number of thiophene rings is 1. The predicted octanol–water partition coefficient (Wildman–Crippen LogP) is 35.2. The molecule has 14 heteroatoms. The lowest BCUT2D eigenvalue weighted by Crippen LogP contribution is -2.02. The lowest BCUT2D eigenvalue weighted by atomic mass is 9.91. The second kappa shape index (κ2) is 31.6. The molecule has 11 heterocycles. The van der Waals surface area contributed by atoms with E-state index < -0.39 is 0 Å². The molecule has 145 heavy (non-hydrogen) atoms. The van der Waals surface area contributed by atoms with E-state index in [2.05, 4.69) is 395 Å². The van der Waals surface area contributed by atoms with Gasteiger partial charge in [-0.25, -0.2) is 19.9 Å². The minimum Gasteiger partial charge on any atom is -0.456 e. The molecule has 0 unspecified atom stereocenters. The van der Waals surface area contributed by atoms with Gasteiger partial charge in [-0.1, -0.05) is 328 Å². The number of fused-ring (bicyclic) bond motifs is 36. The van der Waals surface area contributed by atoms with Crippen molar-refractivity contribution < 1.29 is 13.3 Å². The Morgan fingerprint density at radius 1 is 0.200 bits per heavy atom. The fraction of sp³-hybridized carbons (Fsp3) is 0. The molecule has 0 amide bonds. The summed E-state index contributed by atoms with van der Waals surface area (Å²) in [6, 6.07) is 155. The van der Waals surface area contributed by atoms with Gasteiger partial charge in [-0.2, -0.15) is 9.97 Å². The van der Waals surface area contributed by atoms with E-state index in [0.717, 1.165) is 165 Å². The summed E-state index contributed by atoms with van der Waals surface area (Å²) in [6.07, 6.45) is 3.59. The highest BCUT2D eigenvalue weighted by Gasteiger charge is 2.29. The molecule has 33 rings (SSSR count). The van der Waals surface area contributed by atoms with Crippen LogP contribution in [0.5, 0.6) is 0 Å². The number of para-hydroxylation sites is 5. The lowest BCUT2D eigenvalue weighted by Gasteiger charge is -2.15. The van der Waals surface area contributed by atoms with Gasteiger partial charge in [0.25, 0.3) is 0 Å². The Kier molecular flexibility index (Phi) is 17.5. The Hall–Kier alpha value is -19.4. The van der Waals surface area contributed by atoms with Crippen molar-refractivity contribution in [2.45, 2.75) is 0 Å². The van der Waals surface area contributed by atoms with E-state index in [1.807, 2.05) is 60.7 Å². The Morgan fingerprint density at radius 2 is 0.600 bits per heavy atom. The van der Waals surface area contributed by atoms with E-state index in [0.29, 0.717) is 23.2 Å².